The molecule has 1 aromatic heterocycles. The van der Waals surface area contributed by atoms with Crippen LogP contribution in [0.2, 0.25) is 0 Å². The Morgan fingerprint density at radius 3 is 3.06 bits per heavy atom. The summed E-state index contributed by atoms with van der Waals surface area (Å²) in [6.07, 6.45) is 5.26. The van der Waals surface area contributed by atoms with Gasteiger partial charge in [-0.15, -0.1) is 6.58 Å². The molecule has 3 nitrogen and oxygen atoms in total. The van der Waals surface area contributed by atoms with E-state index in [1.807, 2.05) is 18.2 Å². The molecule has 1 N–H and O–H groups in total. The minimum Gasteiger partial charge on any atom is -0.352 e. The van der Waals surface area contributed by atoms with Gasteiger partial charge in [0.15, 0.2) is 0 Å². The lowest BCUT2D eigenvalue weighted by molar-refractivity contribution is -0.120. The maximum absolute atomic E-state index is 11.9. The summed E-state index contributed by atoms with van der Waals surface area (Å²) in [5.74, 6) is 0.0578. The number of nitrogens with one attached hydrogen (secondary N) is 1. The summed E-state index contributed by atoms with van der Waals surface area (Å²) < 4.78 is 0. The fraction of sp³-hybridized carbons (Fsp3) is 0.385. The number of thioether (sulfide) groups is 1. The SMILES string of the molecule is C=CCNC(=O)C(CCC)Sc1ccccn1. The van der Waals surface area contributed by atoms with Crippen LogP contribution in [0.1, 0.15) is 19.8 Å². The maximum atomic E-state index is 11.9. The Labute approximate surface area is 107 Å². The molecule has 0 saturated carbocycles. The largest absolute Gasteiger partial charge is 0.352 e. The lowest BCUT2D eigenvalue weighted by Crippen LogP contribution is -2.32. The molecular formula is C13H18N2OS. The molecule has 0 radical (unpaired) electrons. The van der Waals surface area contributed by atoms with Crippen molar-refractivity contribution in [3.05, 3.63) is 37.1 Å². The number of carbonyl (C=O) groups is 1. The molecule has 0 aliphatic rings. The number of pyridine rings is 1. The predicted octanol–water partition coefficient (Wildman–Crippen LogP) is 2.64. The van der Waals surface area contributed by atoms with Crippen molar-refractivity contribution in [2.75, 3.05) is 6.54 Å². The fourth-order valence-corrected chi connectivity index (χ4v) is 2.47. The lowest BCUT2D eigenvalue weighted by atomic mass is 10.2. The molecule has 1 heterocycles. The molecule has 0 saturated heterocycles. The number of nitrogens with zero attached hydrogens (tertiary/aromatic N) is 1. The summed E-state index contributed by atoms with van der Waals surface area (Å²) in [4.78, 5) is 16.1. The molecular weight excluding hydrogens is 232 g/mol. The smallest absolute Gasteiger partial charge is 0.233 e. The number of amides is 1. The van der Waals surface area contributed by atoms with E-state index in [1.165, 1.54) is 11.8 Å². The topological polar surface area (TPSA) is 42.0 Å². The van der Waals surface area contributed by atoms with Gasteiger partial charge in [-0.3, -0.25) is 4.79 Å². The van der Waals surface area contributed by atoms with Crippen molar-refractivity contribution >= 4 is 17.7 Å². The van der Waals surface area contributed by atoms with Crippen LogP contribution in [0, 0.1) is 0 Å². The number of carbonyl (C=O) groups excluding carboxylic acids is 1. The van der Waals surface area contributed by atoms with Gasteiger partial charge in [-0.25, -0.2) is 4.98 Å². The number of aromatic nitrogens is 1. The summed E-state index contributed by atoms with van der Waals surface area (Å²) in [5.41, 5.74) is 0. The Morgan fingerprint density at radius 2 is 2.47 bits per heavy atom. The van der Waals surface area contributed by atoms with Crippen molar-refractivity contribution in [1.29, 1.82) is 0 Å². The molecule has 0 aliphatic carbocycles. The summed E-state index contributed by atoms with van der Waals surface area (Å²) in [6.45, 7) is 6.18. The molecule has 92 valence electrons. The molecule has 1 atom stereocenters. The molecule has 0 bridgehead atoms. The van der Waals surface area contributed by atoms with Crippen LogP contribution in [-0.4, -0.2) is 22.7 Å². The second-order valence-corrected chi connectivity index (χ2v) is 4.82. The number of hydrogen-bond acceptors (Lipinski definition) is 3. The van der Waals surface area contributed by atoms with Gasteiger partial charge in [0.1, 0.15) is 0 Å². The summed E-state index contributed by atoms with van der Waals surface area (Å²) in [7, 11) is 0. The Hall–Kier alpha value is -1.29. The number of rotatable bonds is 7. The molecule has 0 aromatic carbocycles. The molecule has 1 rings (SSSR count). The summed E-state index contributed by atoms with van der Waals surface area (Å²) in [5, 5.41) is 3.65. The number of hydrogen-bond donors (Lipinski definition) is 1. The summed E-state index contributed by atoms with van der Waals surface area (Å²) >= 11 is 1.51. The van der Waals surface area contributed by atoms with Gasteiger partial charge in [0, 0.05) is 12.7 Å². The highest BCUT2D eigenvalue weighted by atomic mass is 32.2. The van der Waals surface area contributed by atoms with E-state index in [0.717, 1.165) is 17.9 Å². The Bertz CT molecular complexity index is 354. The molecule has 17 heavy (non-hydrogen) atoms. The molecule has 0 aliphatic heterocycles. The monoisotopic (exact) mass is 250 g/mol. The second-order valence-electron chi connectivity index (χ2n) is 3.60. The van der Waals surface area contributed by atoms with Crippen LogP contribution < -0.4 is 5.32 Å². The van der Waals surface area contributed by atoms with E-state index in [9.17, 15) is 4.79 Å². The first kappa shape index (κ1) is 13.8. The van der Waals surface area contributed by atoms with E-state index in [1.54, 1.807) is 12.3 Å². The Balaban J connectivity index is 2.59. The summed E-state index contributed by atoms with van der Waals surface area (Å²) in [6, 6.07) is 5.73. The highest BCUT2D eigenvalue weighted by Gasteiger charge is 2.18. The van der Waals surface area contributed by atoms with Crippen molar-refractivity contribution in [2.45, 2.75) is 30.0 Å². The molecule has 1 aromatic rings. The third-order valence-electron chi connectivity index (χ3n) is 2.16. The zero-order valence-electron chi connectivity index (χ0n) is 10.1. The highest BCUT2D eigenvalue weighted by molar-refractivity contribution is 8.00. The van der Waals surface area contributed by atoms with Crippen molar-refractivity contribution in [3.8, 4) is 0 Å². The zero-order chi connectivity index (χ0) is 12.5. The second kappa shape index (κ2) is 7.90. The van der Waals surface area contributed by atoms with Gasteiger partial charge in [0.2, 0.25) is 5.91 Å². The van der Waals surface area contributed by atoms with Gasteiger partial charge in [0.05, 0.1) is 10.3 Å². The van der Waals surface area contributed by atoms with E-state index in [-0.39, 0.29) is 11.2 Å². The first-order valence-corrected chi connectivity index (χ1v) is 6.62. The van der Waals surface area contributed by atoms with Gasteiger partial charge >= 0.3 is 0 Å². The van der Waals surface area contributed by atoms with Crippen LogP contribution in [0.3, 0.4) is 0 Å². The van der Waals surface area contributed by atoms with E-state index in [0.29, 0.717) is 6.54 Å². The van der Waals surface area contributed by atoms with Crippen molar-refractivity contribution < 1.29 is 4.79 Å². The fourth-order valence-electron chi connectivity index (χ4n) is 1.35. The maximum Gasteiger partial charge on any atom is 0.233 e. The predicted molar refractivity (Wildman–Crippen MR) is 72.0 cm³/mol. The third kappa shape index (κ3) is 5.04. The average Bonchev–Trinajstić information content (AvgIpc) is 2.36. The van der Waals surface area contributed by atoms with Crippen LogP contribution in [0.4, 0.5) is 0 Å². The Kier molecular flexibility index (Phi) is 6.40. The molecule has 1 amide bonds. The average molecular weight is 250 g/mol. The minimum absolute atomic E-state index is 0.0578. The van der Waals surface area contributed by atoms with Crippen LogP contribution >= 0.6 is 11.8 Å². The van der Waals surface area contributed by atoms with Gasteiger partial charge in [0.25, 0.3) is 0 Å². The van der Waals surface area contributed by atoms with Gasteiger partial charge < -0.3 is 5.32 Å². The standard InChI is InChI=1S/C13H18N2OS/c1-3-7-11(13(16)15-9-4-2)17-12-8-5-6-10-14-12/h4-6,8,10-11H,2-3,7,9H2,1H3,(H,15,16). The quantitative estimate of drug-likeness (QED) is 0.597. The first-order chi connectivity index (χ1) is 8.27. The van der Waals surface area contributed by atoms with Gasteiger partial charge in [-0.05, 0) is 18.6 Å². The van der Waals surface area contributed by atoms with Crippen LogP contribution in [0.5, 0.6) is 0 Å². The van der Waals surface area contributed by atoms with E-state index >= 15 is 0 Å². The lowest BCUT2D eigenvalue weighted by Gasteiger charge is -2.14. The Morgan fingerprint density at radius 1 is 1.65 bits per heavy atom. The molecule has 1 unspecified atom stereocenters. The molecule has 0 fully saturated rings. The van der Waals surface area contributed by atoms with Crippen LogP contribution in [0.15, 0.2) is 42.1 Å². The van der Waals surface area contributed by atoms with Crippen LogP contribution in [-0.2, 0) is 4.79 Å². The van der Waals surface area contributed by atoms with Crippen molar-refractivity contribution in [1.82, 2.24) is 10.3 Å². The van der Waals surface area contributed by atoms with E-state index < -0.39 is 0 Å². The van der Waals surface area contributed by atoms with Crippen molar-refractivity contribution in [2.24, 2.45) is 0 Å². The normalized spacial score (nSPS) is 11.8. The van der Waals surface area contributed by atoms with E-state index in [2.05, 4.69) is 23.8 Å². The van der Waals surface area contributed by atoms with Gasteiger partial charge in [-0.2, -0.15) is 0 Å². The zero-order valence-corrected chi connectivity index (χ0v) is 10.9. The van der Waals surface area contributed by atoms with Crippen LogP contribution in [0.25, 0.3) is 0 Å². The van der Waals surface area contributed by atoms with Crippen molar-refractivity contribution in [3.63, 3.8) is 0 Å². The minimum atomic E-state index is -0.0742. The van der Waals surface area contributed by atoms with E-state index in [4.69, 9.17) is 0 Å². The first-order valence-electron chi connectivity index (χ1n) is 5.74. The molecule has 4 heteroatoms. The molecule has 0 spiro atoms. The van der Waals surface area contributed by atoms with Gasteiger partial charge in [-0.1, -0.05) is 37.2 Å². The third-order valence-corrected chi connectivity index (χ3v) is 3.38. The highest BCUT2D eigenvalue weighted by Crippen LogP contribution is 2.24.